The van der Waals surface area contributed by atoms with E-state index in [0.29, 0.717) is 25.4 Å². The van der Waals surface area contributed by atoms with E-state index in [2.05, 4.69) is 12.2 Å². The first-order chi connectivity index (χ1) is 11.6. The van der Waals surface area contributed by atoms with Gasteiger partial charge in [-0.05, 0) is 31.2 Å². The second-order valence-electron chi connectivity index (χ2n) is 6.97. The monoisotopic (exact) mass is 330 g/mol. The third-order valence-electron chi connectivity index (χ3n) is 5.17. The van der Waals surface area contributed by atoms with Gasteiger partial charge < -0.3 is 15.0 Å². The molecule has 1 aromatic rings. The quantitative estimate of drug-likeness (QED) is 0.898. The Balaban J connectivity index is 1.47. The van der Waals surface area contributed by atoms with Crippen LogP contribution in [0.5, 0.6) is 5.75 Å². The van der Waals surface area contributed by atoms with Gasteiger partial charge in [0.2, 0.25) is 11.8 Å². The molecule has 0 spiro atoms. The van der Waals surface area contributed by atoms with Gasteiger partial charge in [-0.25, -0.2) is 0 Å². The molecule has 1 heterocycles. The second kappa shape index (κ2) is 7.24. The summed E-state index contributed by atoms with van der Waals surface area (Å²) in [7, 11) is 1.62. The molecule has 5 nitrogen and oxygen atoms in total. The minimum absolute atomic E-state index is 0.125. The average molecular weight is 330 g/mol. The first-order valence-corrected chi connectivity index (χ1v) is 8.78. The minimum Gasteiger partial charge on any atom is -0.496 e. The number of amides is 2. The maximum absolute atomic E-state index is 12.5. The van der Waals surface area contributed by atoms with E-state index in [0.717, 1.165) is 30.6 Å². The van der Waals surface area contributed by atoms with Crippen molar-refractivity contribution in [2.75, 3.05) is 20.2 Å². The molecule has 24 heavy (non-hydrogen) atoms. The molecule has 5 heteroatoms. The number of para-hydroxylation sites is 1. The molecule has 2 fully saturated rings. The van der Waals surface area contributed by atoms with Crippen LogP contribution in [-0.2, 0) is 16.0 Å². The fraction of sp³-hybridized carbons (Fsp3) is 0.579. The molecule has 1 aliphatic carbocycles. The lowest BCUT2D eigenvalue weighted by Crippen LogP contribution is -2.47. The molecule has 3 rings (SSSR count). The van der Waals surface area contributed by atoms with Crippen LogP contribution in [0, 0.1) is 11.8 Å². The molecule has 0 radical (unpaired) electrons. The number of rotatable bonds is 5. The number of methoxy groups -OCH3 is 1. The maximum atomic E-state index is 12.5. The third-order valence-corrected chi connectivity index (χ3v) is 5.17. The molecule has 1 N–H and O–H groups in total. The minimum atomic E-state index is 0.125. The van der Waals surface area contributed by atoms with E-state index in [9.17, 15) is 9.59 Å². The summed E-state index contributed by atoms with van der Waals surface area (Å²) in [5.74, 6) is 1.83. The van der Waals surface area contributed by atoms with Gasteiger partial charge in [0.05, 0.1) is 13.5 Å². The van der Waals surface area contributed by atoms with Crippen molar-refractivity contribution in [2.24, 2.45) is 11.8 Å². The zero-order valence-corrected chi connectivity index (χ0v) is 14.5. The van der Waals surface area contributed by atoms with Crippen LogP contribution in [0.1, 0.15) is 31.7 Å². The van der Waals surface area contributed by atoms with Gasteiger partial charge in [0, 0.05) is 30.6 Å². The Morgan fingerprint density at radius 1 is 1.25 bits per heavy atom. The van der Waals surface area contributed by atoms with Crippen LogP contribution in [0.4, 0.5) is 0 Å². The number of hydrogen-bond acceptors (Lipinski definition) is 3. The first kappa shape index (κ1) is 16.8. The number of likely N-dealkylation sites (tertiary alicyclic amines) is 1. The van der Waals surface area contributed by atoms with Crippen molar-refractivity contribution in [2.45, 2.75) is 38.6 Å². The van der Waals surface area contributed by atoms with Gasteiger partial charge in [-0.2, -0.15) is 0 Å². The van der Waals surface area contributed by atoms with Crippen molar-refractivity contribution in [1.29, 1.82) is 0 Å². The zero-order chi connectivity index (χ0) is 17.1. The van der Waals surface area contributed by atoms with E-state index < -0.39 is 0 Å². The highest BCUT2D eigenvalue weighted by Crippen LogP contribution is 2.37. The molecule has 1 aromatic carbocycles. The Morgan fingerprint density at radius 3 is 2.54 bits per heavy atom. The molecule has 0 unspecified atom stereocenters. The van der Waals surface area contributed by atoms with E-state index >= 15 is 0 Å². The zero-order valence-electron chi connectivity index (χ0n) is 14.5. The van der Waals surface area contributed by atoms with Gasteiger partial charge in [0.25, 0.3) is 0 Å². The summed E-state index contributed by atoms with van der Waals surface area (Å²) in [5, 5.41) is 3.14. The molecule has 0 aromatic heterocycles. The Labute approximate surface area is 143 Å². The molecular weight excluding hydrogens is 304 g/mol. The molecule has 130 valence electrons. The van der Waals surface area contributed by atoms with E-state index in [4.69, 9.17) is 4.74 Å². The molecule has 0 bridgehead atoms. The van der Waals surface area contributed by atoms with Gasteiger partial charge >= 0.3 is 0 Å². The Morgan fingerprint density at radius 2 is 1.92 bits per heavy atom. The number of carbonyl (C=O) groups excluding carboxylic acids is 2. The van der Waals surface area contributed by atoms with Crippen LogP contribution < -0.4 is 10.1 Å². The summed E-state index contributed by atoms with van der Waals surface area (Å²) in [5.41, 5.74) is 0.920. The molecular formula is C19H26N2O3. The van der Waals surface area contributed by atoms with E-state index in [1.54, 1.807) is 7.11 Å². The van der Waals surface area contributed by atoms with Crippen molar-refractivity contribution in [3.8, 4) is 5.75 Å². The second-order valence-corrected chi connectivity index (χ2v) is 6.97. The molecule has 1 saturated heterocycles. The number of nitrogens with zero attached hydrogens (tertiary/aromatic N) is 1. The van der Waals surface area contributed by atoms with Crippen molar-refractivity contribution >= 4 is 11.8 Å². The van der Waals surface area contributed by atoms with Crippen LogP contribution in [0.2, 0.25) is 0 Å². The number of carbonyl (C=O) groups is 2. The van der Waals surface area contributed by atoms with E-state index in [-0.39, 0.29) is 23.8 Å². The Bertz CT molecular complexity index is 608. The lowest BCUT2D eigenvalue weighted by atomic mass is 10.0. The Kier molecular flexibility index (Phi) is 5.07. The predicted octanol–water partition coefficient (Wildman–Crippen LogP) is 2.00. The van der Waals surface area contributed by atoms with Crippen molar-refractivity contribution in [1.82, 2.24) is 10.2 Å². The summed E-state index contributed by atoms with van der Waals surface area (Å²) in [4.78, 5) is 26.4. The predicted molar refractivity (Wildman–Crippen MR) is 91.7 cm³/mol. The summed E-state index contributed by atoms with van der Waals surface area (Å²) in [6.07, 6.45) is 3.05. The summed E-state index contributed by atoms with van der Waals surface area (Å²) in [6.45, 7) is 3.53. The van der Waals surface area contributed by atoms with Crippen LogP contribution in [-0.4, -0.2) is 43.0 Å². The number of ether oxygens (including phenoxy) is 1. The highest BCUT2D eigenvalue weighted by atomic mass is 16.5. The Hall–Kier alpha value is -2.04. The molecule has 2 aliphatic rings. The van der Waals surface area contributed by atoms with Crippen molar-refractivity contribution < 1.29 is 14.3 Å². The summed E-state index contributed by atoms with van der Waals surface area (Å²) >= 11 is 0. The third kappa shape index (κ3) is 3.89. The number of piperidine rings is 1. The topological polar surface area (TPSA) is 58.6 Å². The fourth-order valence-corrected chi connectivity index (χ4v) is 3.39. The molecule has 1 saturated carbocycles. The lowest BCUT2D eigenvalue weighted by molar-refractivity contribution is -0.131. The van der Waals surface area contributed by atoms with Crippen LogP contribution in [0.3, 0.4) is 0 Å². The van der Waals surface area contributed by atoms with Crippen LogP contribution in [0.15, 0.2) is 24.3 Å². The highest BCUT2D eigenvalue weighted by Gasteiger charge is 2.40. The number of nitrogens with one attached hydrogen (secondary N) is 1. The highest BCUT2D eigenvalue weighted by molar-refractivity contribution is 5.82. The number of benzene rings is 1. The van der Waals surface area contributed by atoms with Crippen molar-refractivity contribution in [3.63, 3.8) is 0 Å². The fourth-order valence-electron chi connectivity index (χ4n) is 3.39. The van der Waals surface area contributed by atoms with Gasteiger partial charge in [0.1, 0.15) is 5.75 Å². The average Bonchev–Trinajstić information content (AvgIpc) is 3.33. The first-order valence-electron chi connectivity index (χ1n) is 8.78. The van der Waals surface area contributed by atoms with Gasteiger partial charge in [0.15, 0.2) is 0 Å². The largest absolute Gasteiger partial charge is 0.496 e. The molecule has 2 atom stereocenters. The van der Waals surface area contributed by atoms with E-state index in [1.165, 1.54) is 0 Å². The van der Waals surface area contributed by atoms with Crippen molar-refractivity contribution in [3.05, 3.63) is 29.8 Å². The molecule has 2 amide bonds. The SMILES string of the molecule is COc1ccccc1CC(=O)N1CCC(NC(=O)[C@@H]2C[C@H]2C)CC1. The smallest absolute Gasteiger partial charge is 0.227 e. The van der Waals surface area contributed by atoms with Crippen LogP contribution in [0.25, 0.3) is 0 Å². The summed E-state index contributed by atoms with van der Waals surface area (Å²) < 4.78 is 5.31. The van der Waals surface area contributed by atoms with E-state index in [1.807, 2.05) is 29.2 Å². The standard InChI is InChI=1S/C19H26N2O3/c1-13-11-16(13)19(23)20-15-7-9-21(10-8-15)18(22)12-14-5-3-4-6-17(14)24-2/h3-6,13,15-16H,7-12H2,1-2H3,(H,20,23)/t13-,16-/m1/s1. The summed E-state index contributed by atoms with van der Waals surface area (Å²) in [6, 6.07) is 7.85. The molecule has 1 aliphatic heterocycles. The van der Waals surface area contributed by atoms with Gasteiger partial charge in [-0.1, -0.05) is 25.1 Å². The van der Waals surface area contributed by atoms with Crippen LogP contribution >= 0.6 is 0 Å². The maximum Gasteiger partial charge on any atom is 0.227 e. The number of hydrogen-bond donors (Lipinski definition) is 1. The normalized spacial score (nSPS) is 23.7. The van der Waals surface area contributed by atoms with Gasteiger partial charge in [-0.3, -0.25) is 9.59 Å². The van der Waals surface area contributed by atoms with Gasteiger partial charge in [-0.15, -0.1) is 0 Å². The lowest BCUT2D eigenvalue weighted by Gasteiger charge is -2.32.